The van der Waals surface area contributed by atoms with Crippen LogP contribution in [0, 0.1) is 5.82 Å². The predicted molar refractivity (Wildman–Crippen MR) is 65.9 cm³/mol. The molecule has 1 N–H and O–H groups in total. The molecule has 1 aromatic carbocycles. The second-order valence-electron chi connectivity index (χ2n) is 3.24. The highest BCUT2D eigenvalue weighted by molar-refractivity contribution is 9.10. The van der Waals surface area contributed by atoms with E-state index in [1.807, 2.05) is 19.1 Å². The normalized spacial score (nSPS) is 10.7. The summed E-state index contributed by atoms with van der Waals surface area (Å²) < 4.78 is 13.5. The highest BCUT2D eigenvalue weighted by Crippen LogP contribution is 2.16. The first-order valence-electron chi connectivity index (χ1n) is 4.99. The van der Waals surface area contributed by atoms with E-state index in [0.29, 0.717) is 16.6 Å². The van der Waals surface area contributed by atoms with Crippen LogP contribution in [0.25, 0.3) is 0 Å². The van der Waals surface area contributed by atoms with Gasteiger partial charge in [0.2, 0.25) is 0 Å². The van der Waals surface area contributed by atoms with E-state index in [9.17, 15) is 9.18 Å². The number of nitrogens with one attached hydrogen (secondary N) is 1. The summed E-state index contributed by atoms with van der Waals surface area (Å²) >= 11 is 3.04. The Balaban J connectivity index is 2.56. The molecule has 0 fully saturated rings. The zero-order valence-corrected chi connectivity index (χ0v) is 10.6. The van der Waals surface area contributed by atoms with E-state index in [-0.39, 0.29) is 5.91 Å². The van der Waals surface area contributed by atoms with E-state index < -0.39 is 5.82 Å². The van der Waals surface area contributed by atoms with Crippen molar-refractivity contribution in [2.45, 2.75) is 13.3 Å². The molecule has 1 rings (SSSR count). The molecule has 0 aromatic heterocycles. The minimum atomic E-state index is -0.430. The van der Waals surface area contributed by atoms with Crippen molar-refractivity contribution in [1.29, 1.82) is 0 Å². The van der Waals surface area contributed by atoms with Crippen LogP contribution in [0.3, 0.4) is 0 Å². The molecule has 0 spiro atoms. The molecule has 86 valence electrons. The first-order valence-corrected chi connectivity index (χ1v) is 5.79. The molecule has 16 heavy (non-hydrogen) atoms. The van der Waals surface area contributed by atoms with Gasteiger partial charge in [-0.25, -0.2) is 4.39 Å². The Morgan fingerprint density at radius 2 is 2.31 bits per heavy atom. The van der Waals surface area contributed by atoms with Crippen LogP contribution in [-0.4, -0.2) is 12.5 Å². The molecule has 4 heteroatoms. The van der Waals surface area contributed by atoms with E-state index in [4.69, 9.17) is 0 Å². The maximum Gasteiger partial charge on any atom is 0.251 e. The monoisotopic (exact) mass is 285 g/mol. The fourth-order valence-corrected chi connectivity index (χ4v) is 1.42. The summed E-state index contributed by atoms with van der Waals surface area (Å²) in [5, 5.41) is 2.71. The second kappa shape index (κ2) is 6.43. The van der Waals surface area contributed by atoms with Crippen molar-refractivity contribution in [3.05, 3.63) is 46.2 Å². The van der Waals surface area contributed by atoms with E-state index >= 15 is 0 Å². The Morgan fingerprint density at radius 1 is 1.56 bits per heavy atom. The van der Waals surface area contributed by atoms with Gasteiger partial charge in [0.1, 0.15) is 5.82 Å². The van der Waals surface area contributed by atoms with Gasteiger partial charge in [-0.1, -0.05) is 12.2 Å². The molecule has 1 aromatic rings. The smallest absolute Gasteiger partial charge is 0.251 e. The SMILES string of the molecule is C/C=C/CCNC(=O)c1ccc(Br)c(F)c1. The van der Waals surface area contributed by atoms with Gasteiger partial charge in [-0.05, 0) is 47.5 Å². The van der Waals surface area contributed by atoms with Crippen molar-refractivity contribution >= 4 is 21.8 Å². The number of hydrogen-bond acceptors (Lipinski definition) is 1. The molecular weight excluding hydrogens is 273 g/mol. The number of hydrogen-bond donors (Lipinski definition) is 1. The fourth-order valence-electron chi connectivity index (χ4n) is 1.18. The summed E-state index contributed by atoms with van der Waals surface area (Å²) in [4.78, 5) is 11.6. The molecular formula is C12H13BrFNO. The number of benzene rings is 1. The first kappa shape index (κ1) is 12.9. The zero-order chi connectivity index (χ0) is 12.0. The van der Waals surface area contributed by atoms with Gasteiger partial charge in [-0.3, -0.25) is 4.79 Å². The predicted octanol–water partition coefficient (Wildman–Crippen LogP) is 3.28. The summed E-state index contributed by atoms with van der Waals surface area (Å²) in [5.41, 5.74) is 0.334. The molecule has 0 heterocycles. The Labute approximate surface area is 103 Å². The quantitative estimate of drug-likeness (QED) is 0.668. The fraction of sp³-hybridized carbons (Fsp3) is 0.250. The summed E-state index contributed by atoms with van der Waals surface area (Å²) in [6.45, 7) is 2.48. The molecule has 0 bridgehead atoms. The minimum absolute atomic E-state index is 0.254. The lowest BCUT2D eigenvalue weighted by atomic mass is 10.2. The lowest BCUT2D eigenvalue weighted by Crippen LogP contribution is -2.24. The first-order chi connectivity index (χ1) is 7.65. The lowest BCUT2D eigenvalue weighted by molar-refractivity contribution is 0.0954. The van der Waals surface area contributed by atoms with Crippen molar-refractivity contribution in [3.63, 3.8) is 0 Å². The largest absolute Gasteiger partial charge is 0.352 e. The van der Waals surface area contributed by atoms with Gasteiger partial charge in [0.15, 0.2) is 0 Å². The topological polar surface area (TPSA) is 29.1 Å². The summed E-state index contributed by atoms with van der Waals surface area (Å²) in [5.74, 6) is -0.683. The van der Waals surface area contributed by atoms with Gasteiger partial charge >= 0.3 is 0 Å². The molecule has 0 unspecified atom stereocenters. The van der Waals surface area contributed by atoms with Crippen LogP contribution in [0.2, 0.25) is 0 Å². The number of carbonyl (C=O) groups excluding carboxylic acids is 1. The lowest BCUT2D eigenvalue weighted by Gasteiger charge is -2.04. The molecule has 0 aliphatic heterocycles. The Kier molecular flexibility index (Phi) is 5.19. The van der Waals surface area contributed by atoms with Gasteiger partial charge in [-0.2, -0.15) is 0 Å². The number of carbonyl (C=O) groups is 1. The maximum absolute atomic E-state index is 13.1. The van der Waals surface area contributed by atoms with Crippen LogP contribution in [-0.2, 0) is 0 Å². The molecule has 0 aliphatic rings. The molecule has 0 saturated carbocycles. The van der Waals surface area contributed by atoms with Crippen molar-refractivity contribution < 1.29 is 9.18 Å². The van der Waals surface area contributed by atoms with Crippen LogP contribution in [0.4, 0.5) is 4.39 Å². The molecule has 0 aliphatic carbocycles. The van der Waals surface area contributed by atoms with E-state index in [2.05, 4.69) is 21.2 Å². The van der Waals surface area contributed by atoms with Gasteiger partial charge in [0, 0.05) is 12.1 Å². The molecule has 0 saturated heterocycles. The Hall–Kier alpha value is -1.16. The standard InChI is InChI=1S/C12H13BrFNO/c1-2-3-4-7-15-12(16)9-5-6-10(13)11(14)8-9/h2-3,5-6,8H,4,7H2,1H3,(H,15,16)/b3-2+. The second-order valence-corrected chi connectivity index (χ2v) is 4.10. The summed E-state index contributed by atoms with van der Waals surface area (Å²) in [6, 6.07) is 4.32. The van der Waals surface area contributed by atoms with E-state index in [0.717, 1.165) is 6.42 Å². The average molecular weight is 286 g/mol. The third-order valence-corrected chi connectivity index (χ3v) is 2.66. The number of allylic oxidation sites excluding steroid dienone is 1. The van der Waals surface area contributed by atoms with Gasteiger partial charge in [0.25, 0.3) is 5.91 Å². The van der Waals surface area contributed by atoms with Crippen LogP contribution in [0.1, 0.15) is 23.7 Å². The number of halogens is 2. The molecule has 2 nitrogen and oxygen atoms in total. The van der Waals surface area contributed by atoms with E-state index in [1.165, 1.54) is 12.1 Å². The average Bonchev–Trinajstić information content (AvgIpc) is 2.28. The summed E-state index contributed by atoms with van der Waals surface area (Å²) in [6.07, 6.45) is 4.66. The van der Waals surface area contributed by atoms with Crippen molar-refractivity contribution in [3.8, 4) is 0 Å². The third-order valence-electron chi connectivity index (χ3n) is 2.01. The zero-order valence-electron chi connectivity index (χ0n) is 8.97. The number of rotatable bonds is 4. The highest BCUT2D eigenvalue weighted by atomic mass is 79.9. The van der Waals surface area contributed by atoms with Crippen molar-refractivity contribution in [1.82, 2.24) is 5.32 Å². The molecule has 1 amide bonds. The number of amides is 1. The van der Waals surface area contributed by atoms with Crippen molar-refractivity contribution in [2.24, 2.45) is 0 Å². The highest BCUT2D eigenvalue weighted by Gasteiger charge is 2.07. The van der Waals surface area contributed by atoms with Gasteiger partial charge in [0.05, 0.1) is 4.47 Å². The van der Waals surface area contributed by atoms with Gasteiger partial charge in [-0.15, -0.1) is 0 Å². The minimum Gasteiger partial charge on any atom is -0.352 e. The van der Waals surface area contributed by atoms with E-state index in [1.54, 1.807) is 6.07 Å². The third kappa shape index (κ3) is 3.77. The van der Waals surface area contributed by atoms with Crippen LogP contribution in [0.5, 0.6) is 0 Å². The van der Waals surface area contributed by atoms with Crippen LogP contribution >= 0.6 is 15.9 Å². The molecule has 0 atom stereocenters. The van der Waals surface area contributed by atoms with Gasteiger partial charge < -0.3 is 5.32 Å². The maximum atomic E-state index is 13.1. The summed E-state index contributed by atoms with van der Waals surface area (Å²) in [7, 11) is 0. The Morgan fingerprint density at radius 3 is 2.94 bits per heavy atom. The van der Waals surface area contributed by atoms with Crippen LogP contribution < -0.4 is 5.32 Å². The van der Waals surface area contributed by atoms with Crippen molar-refractivity contribution in [2.75, 3.05) is 6.54 Å². The Bertz CT molecular complexity index is 404. The van der Waals surface area contributed by atoms with Crippen LogP contribution in [0.15, 0.2) is 34.8 Å². The molecule has 0 radical (unpaired) electrons.